The Morgan fingerprint density at radius 2 is 1.57 bits per heavy atom. The van der Waals surface area contributed by atoms with Crippen LogP contribution in [0.1, 0.15) is 16.7 Å². The molecule has 0 unspecified atom stereocenters. The van der Waals surface area contributed by atoms with E-state index in [2.05, 4.69) is 5.32 Å². The van der Waals surface area contributed by atoms with Crippen molar-refractivity contribution in [3.63, 3.8) is 0 Å². The smallest absolute Gasteiger partial charge is 0.278 e. The molecule has 0 aromatic heterocycles. The summed E-state index contributed by atoms with van der Waals surface area (Å²) in [6.07, 6.45) is 0. The zero-order chi connectivity index (χ0) is 21.3. The number of halogens is 2. The van der Waals surface area contributed by atoms with Gasteiger partial charge in [-0.05, 0) is 53.9 Å². The molecule has 150 valence electrons. The van der Waals surface area contributed by atoms with Gasteiger partial charge in [0.2, 0.25) is 0 Å². The summed E-state index contributed by atoms with van der Waals surface area (Å²) in [5.41, 5.74) is 3.42. The zero-order valence-electron chi connectivity index (χ0n) is 16.2. The lowest BCUT2D eigenvalue weighted by molar-refractivity contribution is -0.137. The number of amides is 2. The molecule has 0 atom stereocenters. The summed E-state index contributed by atoms with van der Waals surface area (Å²) < 4.78 is 13.2. The second kappa shape index (κ2) is 8.13. The molecule has 3 aromatic carbocycles. The molecule has 2 amide bonds. The van der Waals surface area contributed by atoms with Gasteiger partial charge >= 0.3 is 0 Å². The van der Waals surface area contributed by atoms with Gasteiger partial charge < -0.3 is 5.32 Å². The van der Waals surface area contributed by atoms with Crippen LogP contribution >= 0.6 is 11.6 Å². The first-order valence-corrected chi connectivity index (χ1v) is 9.75. The molecule has 3 aromatic rings. The Hall–Kier alpha value is -3.44. The van der Waals surface area contributed by atoms with E-state index >= 15 is 0 Å². The first kappa shape index (κ1) is 19.9. The molecule has 0 saturated heterocycles. The maximum absolute atomic E-state index is 13.3. The van der Waals surface area contributed by atoms with E-state index in [9.17, 15) is 14.0 Å². The van der Waals surface area contributed by atoms with Crippen LogP contribution in [0.25, 0.3) is 5.57 Å². The van der Waals surface area contributed by atoms with Gasteiger partial charge in [0.1, 0.15) is 11.5 Å². The van der Waals surface area contributed by atoms with E-state index in [-0.39, 0.29) is 23.6 Å². The highest BCUT2D eigenvalue weighted by molar-refractivity contribution is 6.36. The average molecular weight is 421 g/mol. The van der Waals surface area contributed by atoms with E-state index in [1.54, 1.807) is 36.4 Å². The Balaban J connectivity index is 1.74. The highest BCUT2D eigenvalue weighted by Crippen LogP contribution is 2.32. The fourth-order valence-corrected chi connectivity index (χ4v) is 3.47. The minimum absolute atomic E-state index is 0.0496. The number of rotatable bonds is 5. The molecule has 30 heavy (non-hydrogen) atoms. The third-order valence-corrected chi connectivity index (χ3v) is 5.21. The Morgan fingerprint density at radius 3 is 2.23 bits per heavy atom. The summed E-state index contributed by atoms with van der Waals surface area (Å²) in [5, 5.41) is 3.69. The van der Waals surface area contributed by atoms with Crippen molar-refractivity contribution in [2.45, 2.75) is 13.5 Å². The molecular weight excluding hydrogens is 403 g/mol. The van der Waals surface area contributed by atoms with Crippen LogP contribution in [0.15, 0.2) is 78.5 Å². The number of hydrogen-bond acceptors (Lipinski definition) is 3. The minimum atomic E-state index is -0.433. The van der Waals surface area contributed by atoms with Crippen LogP contribution in [0.3, 0.4) is 0 Å². The van der Waals surface area contributed by atoms with Crippen LogP contribution in [-0.4, -0.2) is 16.7 Å². The average Bonchev–Trinajstić information content (AvgIpc) is 2.96. The quantitative estimate of drug-likeness (QED) is 0.578. The third-order valence-electron chi connectivity index (χ3n) is 4.96. The van der Waals surface area contributed by atoms with Gasteiger partial charge in [0.15, 0.2) is 0 Å². The van der Waals surface area contributed by atoms with E-state index in [1.165, 1.54) is 12.1 Å². The molecule has 6 heteroatoms. The molecule has 1 aliphatic rings. The summed E-state index contributed by atoms with van der Waals surface area (Å²) in [7, 11) is 0. The van der Waals surface area contributed by atoms with Crippen molar-refractivity contribution in [2.24, 2.45) is 0 Å². The number of anilines is 1. The number of imide groups is 1. The lowest BCUT2D eigenvalue weighted by Crippen LogP contribution is -2.32. The topological polar surface area (TPSA) is 49.4 Å². The molecule has 1 N–H and O–H groups in total. The minimum Gasteiger partial charge on any atom is -0.350 e. The van der Waals surface area contributed by atoms with E-state index in [0.717, 1.165) is 16.2 Å². The summed E-state index contributed by atoms with van der Waals surface area (Å²) in [6, 6.07) is 20.0. The highest BCUT2D eigenvalue weighted by Gasteiger charge is 2.39. The van der Waals surface area contributed by atoms with Crippen molar-refractivity contribution in [3.8, 4) is 0 Å². The molecule has 1 aliphatic heterocycles. The Labute approximate surface area is 178 Å². The monoisotopic (exact) mass is 420 g/mol. The van der Waals surface area contributed by atoms with E-state index in [4.69, 9.17) is 11.6 Å². The Morgan fingerprint density at radius 1 is 0.900 bits per heavy atom. The third kappa shape index (κ3) is 3.84. The molecule has 0 saturated carbocycles. The zero-order valence-corrected chi connectivity index (χ0v) is 16.9. The number of benzene rings is 3. The van der Waals surface area contributed by atoms with E-state index in [0.29, 0.717) is 16.1 Å². The predicted molar refractivity (Wildman–Crippen MR) is 115 cm³/mol. The van der Waals surface area contributed by atoms with Gasteiger partial charge in [0.25, 0.3) is 11.8 Å². The van der Waals surface area contributed by atoms with Gasteiger partial charge in [-0.15, -0.1) is 0 Å². The molecule has 4 nitrogen and oxygen atoms in total. The van der Waals surface area contributed by atoms with Crippen LogP contribution < -0.4 is 5.32 Å². The number of carbonyl (C=O) groups excluding carboxylic acids is 2. The van der Waals surface area contributed by atoms with Crippen LogP contribution in [-0.2, 0) is 16.1 Å². The molecule has 4 rings (SSSR count). The Kier molecular flexibility index (Phi) is 5.38. The van der Waals surface area contributed by atoms with Gasteiger partial charge in [-0.3, -0.25) is 14.5 Å². The van der Waals surface area contributed by atoms with Crippen LogP contribution in [0.2, 0.25) is 5.02 Å². The first-order valence-electron chi connectivity index (χ1n) is 9.37. The number of nitrogens with one attached hydrogen (secondary N) is 1. The molecule has 0 spiro atoms. The van der Waals surface area contributed by atoms with E-state index < -0.39 is 11.8 Å². The normalized spacial score (nSPS) is 13.9. The maximum Gasteiger partial charge on any atom is 0.278 e. The standard InChI is InChI=1S/C24H18ClFN2O2/c1-15-4-2-3-5-20(15)27-22-21(17-8-10-18(25)11-9-17)23(29)28(24(22)30)14-16-6-12-19(26)13-7-16/h2-13,27H,14H2,1H3. The number of para-hydroxylation sites is 1. The predicted octanol–water partition coefficient (Wildman–Crippen LogP) is 5.18. The lowest BCUT2D eigenvalue weighted by Gasteiger charge is -2.16. The number of aryl methyl sites for hydroxylation is 1. The lowest BCUT2D eigenvalue weighted by atomic mass is 10.0. The first-order chi connectivity index (χ1) is 14.4. The molecule has 1 heterocycles. The van der Waals surface area contributed by atoms with Crippen molar-refractivity contribution in [2.75, 3.05) is 5.32 Å². The van der Waals surface area contributed by atoms with Crippen LogP contribution in [0.5, 0.6) is 0 Å². The van der Waals surface area contributed by atoms with Crippen LogP contribution in [0, 0.1) is 12.7 Å². The second-order valence-corrected chi connectivity index (χ2v) is 7.46. The van der Waals surface area contributed by atoms with Gasteiger partial charge in [-0.2, -0.15) is 0 Å². The molecular formula is C24H18ClFN2O2. The van der Waals surface area contributed by atoms with E-state index in [1.807, 2.05) is 31.2 Å². The van der Waals surface area contributed by atoms with Gasteiger partial charge in [0, 0.05) is 10.7 Å². The fraction of sp³-hybridized carbons (Fsp3) is 0.0833. The van der Waals surface area contributed by atoms with Gasteiger partial charge in [-0.1, -0.05) is 54.1 Å². The second-order valence-electron chi connectivity index (χ2n) is 7.02. The van der Waals surface area contributed by atoms with Gasteiger partial charge in [-0.25, -0.2) is 4.39 Å². The molecule has 0 fully saturated rings. The Bertz CT molecular complexity index is 1150. The summed E-state index contributed by atoms with van der Waals surface area (Å²) >= 11 is 5.99. The number of nitrogens with zero attached hydrogens (tertiary/aromatic N) is 1. The molecule has 0 radical (unpaired) electrons. The summed E-state index contributed by atoms with van der Waals surface area (Å²) in [6.45, 7) is 1.97. The summed E-state index contributed by atoms with van der Waals surface area (Å²) in [5.74, 6) is -1.22. The SMILES string of the molecule is Cc1ccccc1NC1=C(c2ccc(Cl)cc2)C(=O)N(Cc2ccc(F)cc2)C1=O. The maximum atomic E-state index is 13.3. The van der Waals surface area contributed by atoms with Crippen molar-refractivity contribution >= 4 is 34.7 Å². The largest absolute Gasteiger partial charge is 0.350 e. The summed E-state index contributed by atoms with van der Waals surface area (Å²) in [4.78, 5) is 27.7. The van der Waals surface area contributed by atoms with Crippen molar-refractivity contribution in [1.29, 1.82) is 0 Å². The number of carbonyl (C=O) groups is 2. The van der Waals surface area contributed by atoms with Crippen molar-refractivity contribution in [1.82, 2.24) is 4.90 Å². The fourth-order valence-electron chi connectivity index (χ4n) is 3.34. The molecule has 0 aliphatic carbocycles. The highest BCUT2D eigenvalue weighted by atomic mass is 35.5. The number of hydrogen-bond donors (Lipinski definition) is 1. The molecule has 0 bridgehead atoms. The van der Waals surface area contributed by atoms with Crippen LogP contribution in [0.4, 0.5) is 10.1 Å². The van der Waals surface area contributed by atoms with Gasteiger partial charge in [0.05, 0.1) is 12.1 Å². The van der Waals surface area contributed by atoms with Crippen molar-refractivity contribution < 1.29 is 14.0 Å². The van der Waals surface area contributed by atoms with Crippen molar-refractivity contribution in [3.05, 3.63) is 106 Å².